The van der Waals surface area contributed by atoms with Crippen LogP contribution in [0.3, 0.4) is 0 Å². The van der Waals surface area contributed by atoms with Crippen LogP contribution < -0.4 is 10.6 Å². The Morgan fingerprint density at radius 2 is 1.51 bits per heavy atom. The van der Waals surface area contributed by atoms with Crippen LogP contribution >= 0.6 is 23.8 Å². The predicted octanol–water partition coefficient (Wildman–Crippen LogP) is 4.09. The van der Waals surface area contributed by atoms with Crippen LogP contribution in [0.15, 0.2) is 80.2 Å². The third-order valence-electron chi connectivity index (χ3n) is 5.98. The van der Waals surface area contributed by atoms with E-state index in [4.69, 9.17) is 9.47 Å². The minimum atomic E-state index is -0.237. The molecule has 0 amide bonds. The van der Waals surface area contributed by atoms with E-state index in [1.165, 1.54) is 14.6 Å². The normalized spacial score (nSPS) is 17.5. The van der Waals surface area contributed by atoms with Gasteiger partial charge in [0.1, 0.15) is 0 Å². The Hall–Kier alpha value is -3.30. The van der Waals surface area contributed by atoms with E-state index in [9.17, 15) is 14.4 Å². The van der Waals surface area contributed by atoms with E-state index in [1.807, 2.05) is 60.7 Å². The van der Waals surface area contributed by atoms with Crippen molar-refractivity contribution in [2.75, 3.05) is 19.8 Å². The molecular formula is C28H32N4O5S2. The van der Waals surface area contributed by atoms with E-state index < -0.39 is 0 Å². The molecule has 9 nitrogen and oxygen atoms in total. The number of aromatic nitrogens is 2. The number of isocyanates is 1. The number of hydrogen-bond donors (Lipinski definition) is 0. The highest BCUT2D eigenvalue weighted by molar-refractivity contribution is 7.78. The second kappa shape index (κ2) is 17.3. The smallest absolute Gasteiger partial charge is 0.341 e. The Balaban J connectivity index is 0.000000185. The van der Waals surface area contributed by atoms with Gasteiger partial charge in [-0.25, -0.2) is 28.1 Å². The molecule has 2 unspecified atom stereocenters. The van der Waals surface area contributed by atoms with E-state index in [2.05, 4.69) is 27.4 Å². The van der Waals surface area contributed by atoms with Gasteiger partial charge in [0, 0.05) is 24.7 Å². The molecule has 0 bridgehead atoms. The molecule has 0 N–H and O–H groups in total. The fourth-order valence-corrected chi connectivity index (χ4v) is 4.93. The summed E-state index contributed by atoms with van der Waals surface area (Å²) >= 11 is 5.39. The summed E-state index contributed by atoms with van der Waals surface area (Å²) in [6.45, 7) is 3.56. The number of aliphatic imine (C=N–C) groups is 2. The van der Waals surface area contributed by atoms with Gasteiger partial charge in [0.05, 0.1) is 43.5 Å². The summed E-state index contributed by atoms with van der Waals surface area (Å²) in [5.41, 5.74) is 1.81. The van der Waals surface area contributed by atoms with Gasteiger partial charge < -0.3 is 9.47 Å². The quantitative estimate of drug-likeness (QED) is 0.230. The summed E-state index contributed by atoms with van der Waals surface area (Å²) in [6.07, 6.45) is 6.02. The van der Waals surface area contributed by atoms with Crippen molar-refractivity contribution in [3.63, 3.8) is 0 Å². The number of ether oxygens (including phenoxy) is 2. The van der Waals surface area contributed by atoms with Gasteiger partial charge in [0.2, 0.25) is 6.08 Å². The molecule has 2 aliphatic rings. The van der Waals surface area contributed by atoms with Gasteiger partial charge in [-0.2, -0.15) is 0 Å². The van der Waals surface area contributed by atoms with Crippen LogP contribution in [0.5, 0.6) is 0 Å². The largest absolute Gasteiger partial charge is 0.376 e. The number of thiocarbonyl (C=S) groups is 1. The first-order valence-electron chi connectivity index (χ1n) is 12.8. The summed E-state index contributed by atoms with van der Waals surface area (Å²) in [4.78, 5) is 40.9. The Labute approximate surface area is 236 Å². The molecule has 39 heavy (non-hydrogen) atoms. The molecule has 2 aliphatic heterocycles. The highest BCUT2D eigenvalue weighted by Gasteiger charge is 2.20. The van der Waals surface area contributed by atoms with Crippen LogP contribution in [-0.2, 0) is 33.9 Å². The number of isothiocyanates is 1. The van der Waals surface area contributed by atoms with E-state index in [-0.39, 0.29) is 16.7 Å². The lowest BCUT2D eigenvalue weighted by Crippen LogP contribution is -2.33. The monoisotopic (exact) mass is 568 g/mol. The Morgan fingerprint density at radius 3 is 2.08 bits per heavy atom. The first-order valence-corrected chi connectivity index (χ1v) is 14.0. The van der Waals surface area contributed by atoms with Crippen LogP contribution in [0.1, 0.15) is 36.8 Å². The molecule has 2 atom stereocenters. The number of hydrogen-bond acceptors (Lipinski definition) is 9. The van der Waals surface area contributed by atoms with Crippen molar-refractivity contribution < 1.29 is 14.3 Å². The van der Waals surface area contributed by atoms with Gasteiger partial charge in [-0.05, 0) is 49.0 Å². The fraction of sp³-hybridized carbons (Fsp3) is 0.429. The molecule has 2 aromatic carbocycles. The molecule has 5 rings (SSSR count). The fourth-order valence-electron chi connectivity index (χ4n) is 4.02. The maximum Gasteiger partial charge on any atom is 0.341 e. The number of benzene rings is 2. The molecule has 3 aromatic rings. The summed E-state index contributed by atoms with van der Waals surface area (Å²) in [5, 5.41) is 2.32. The van der Waals surface area contributed by atoms with Gasteiger partial charge >= 0.3 is 10.6 Å². The highest BCUT2D eigenvalue weighted by atomic mass is 32.1. The highest BCUT2D eigenvalue weighted by Crippen LogP contribution is 2.13. The lowest BCUT2D eigenvalue weighted by Gasteiger charge is -2.07. The van der Waals surface area contributed by atoms with Crippen LogP contribution in [0, 0.1) is 0 Å². The first-order chi connectivity index (χ1) is 19.1. The lowest BCUT2D eigenvalue weighted by atomic mass is 10.2. The molecule has 2 fully saturated rings. The van der Waals surface area contributed by atoms with Crippen LogP contribution in [0.4, 0.5) is 0 Å². The minimum absolute atomic E-state index is 0.000162. The summed E-state index contributed by atoms with van der Waals surface area (Å²) in [6, 6.07) is 19.2. The van der Waals surface area contributed by atoms with Crippen LogP contribution in [-0.4, -0.2) is 51.7 Å². The SMILES string of the molecule is O=C=NCc1ccccc1.O=c1sn(Cc2ccccc2)c(=O)n1CC1CCCO1.S=C=NCC1CCCO1. The maximum atomic E-state index is 12.3. The average Bonchev–Trinajstić information content (AvgIpc) is 3.74. The number of carbonyl (C=O) groups excluding carboxylic acids is 1. The van der Waals surface area contributed by atoms with Gasteiger partial charge in [-0.15, -0.1) is 0 Å². The second-order valence-electron chi connectivity index (χ2n) is 8.87. The maximum absolute atomic E-state index is 12.3. The molecule has 11 heteroatoms. The Kier molecular flexibility index (Phi) is 13.4. The summed E-state index contributed by atoms with van der Waals surface area (Å²) < 4.78 is 13.6. The van der Waals surface area contributed by atoms with Crippen molar-refractivity contribution in [2.24, 2.45) is 9.98 Å². The van der Waals surface area contributed by atoms with Crippen LogP contribution in [0.2, 0.25) is 0 Å². The molecule has 0 saturated carbocycles. The second-order valence-corrected chi connectivity index (χ2v) is 10.0. The topological polar surface area (TPSA) is 104 Å². The predicted molar refractivity (Wildman–Crippen MR) is 154 cm³/mol. The third kappa shape index (κ3) is 10.8. The number of rotatable bonds is 8. The zero-order valence-corrected chi connectivity index (χ0v) is 23.3. The summed E-state index contributed by atoms with van der Waals surface area (Å²) in [7, 11) is 0. The zero-order valence-electron chi connectivity index (χ0n) is 21.6. The van der Waals surface area contributed by atoms with Crippen molar-refractivity contribution in [2.45, 2.75) is 57.5 Å². The minimum Gasteiger partial charge on any atom is -0.376 e. The van der Waals surface area contributed by atoms with Gasteiger partial charge in [-0.3, -0.25) is 4.79 Å². The van der Waals surface area contributed by atoms with Crippen LogP contribution in [0.25, 0.3) is 0 Å². The summed E-state index contributed by atoms with van der Waals surface area (Å²) in [5.74, 6) is 0. The molecule has 2 saturated heterocycles. The lowest BCUT2D eigenvalue weighted by molar-refractivity contribution is 0.0954. The van der Waals surface area contributed by atoms with Gasteiger partial charge in [-0.1, -0.05) is 60.7 Å². The van der Waals surface area contributed by atoms with E-state index in [0.29, 0.717) is 32.3 Å². The average molecular weight is 569 g/mol. The molecule has 3 heterocycles. The van der Waals surface area contributed by atoms with Gasteiger partial charge in [0.25, 0.3) is 0 Å². The third-order valence-corrected chi connectivity index (χ3v) is 7.00. The van der Waals surface area contributed by atoms with E-state index in [1.54, 1.807) is 0 Å². The van der Waals surface area contributed by atoms with Crippen molar-refractivity contribution in [3.8, 4) is 0 Å². The molecule has 0 aliphatic carbocycles. The Bertz CT molecular complexity index is 1330. The van der Waals surface area contributed by atoms with Crippen molar-refractivity contribution >= 4 is 35.0 Å². The van der Waals surface area contributed by atoms with E-state index >= 15 is 0 Å². The van der Waals surface area contributed by atoms with Crippen molar-refractivity contribution in [1.82, 2.24) is 8.52 Å². The first kappa shape index (κ1) is 30.2. The van der Waals surface area contributed by atoms with Crippen molar-refractivity contribution in [3.05, 3.63) is 91.9 Å². The standard InChI is InChI=1S/C14H16N2O3S.C8H7NO.C6H9NOS/c17-13-15(10-12-7-4-8-19-12)14(18)20-16(13)9-11-5-2-1-3-6-11;10-7-9-6-8-4-2-1-3-5-8;9-5-7-4-6-2-1-3-8-6/h1-3,5-6,12H,4,7-10H2;1-5H,6H2;6H,1-4H2. The number of nitrogens with zero attached hydrogens (tertiary/aromatic N) is 4. The molecule has 0 radical (unpaired) electrons. The molecule has 0 spiro atoms. The Morgan fingerprint density at radius 1 is 0.897 bits per heavy atom. The molecule has 206 valence electrons. The molecular weight excluding hydrogens is 536 g/mol. The molecule has 1 aromatic heterocycles. The zero-order chi connectivity index (χ0) is 27.7. The van der Waals surface area contributed by atoms with Gasteiger partial charge in [0.15, 0.2) is 0 Å². The van der Waals surface area contributed by atoms with Crippen molar-refractivity contribution in [1.29, 1.82) is 0 Å². The van der Waals surface area contributed by atoms with E-state index in [0.717, 1.165) is 61.6 Å².